The number of nitrogens with zero attached hydrogens (tertiary/aromatic N) is 1. The van der Waals surface area contributed by atoms with Crippen molar-refractivity contribution in [1.29, 1.82) is 0 Å². The van der Waals surface area contributed by atoms with Crippen molar-refractivity contribution in [2.45, 2.75) is 26.5 Å². The normalized spacial score (nSPS) is 11.2. The van der Waals surface area contributed by atoms with Gasteiger partial charge in [0.1, 0.15) is 18.1 Å². The molecule has 2 aromatic carbocycles. The van der Waals surface area contributed by atoms with E-state index in [0.717, 1.165) is 22.2 Å². The Kier molecular flexibility index (Phi) is 3.67. The zero-order chi connectivity index (χ0) is 15.7. The highest BCUT2D eigenvalue weighted by Gasteiger charge is 2.11. The highest BCUT2D eigenvalue weighted by Crippen LogP contribution is 2.28. The Bertz CT molecular complexity index is 806. The molecule has 0 unspecified atom stereocenters. The topological polar surface area (TPSA) is 60.4 Å². The van der Waals surface area contributed by atoms with Crippen LogP contribution in [0.25, 0.3) is 10.9 Å². The number of hydrogen-bond acceptors (Lipinski definition) is 3. The molecule has 1 aromatic heterocycles. The van der Waals surface area contributed by atoms with Gasteiger partial charge < -0.3 is 20.1 Å². The summed E-state index contributed by atoms with van der Waals surface area (Å²) < 4.78 is 8.02. The van der Waals surface area contributed by atoms with Crippen molar-refractivity contribution < 1.29 is 9.84 Å². The first-order valence-corrected chi connectivity index (χ1v) is 7.35. The van der Waals surface area contributed by atoms with Crippen LogP contribution in [0.2, 0.25) is 0 Å². The number of fused-ring (bicyclic) bond motifs is 1. The summed E-state index contributed by atoms with van der Waals surface area (Å²) in [4.78, 5) is 0. The second kappa shape index (κ2) is 5.64. The summed E-state index contributed by atoms with van der Waals surface area (Å²) in [6.07, 6.45) is 2.11. The van der Waals surface area contributed by atoms with Crippen molar-refractivity contribution in [3.05, 3.63) is 54.2 Å². The summed E-state index contributed by atoms with van der Waals surface area (Å²) in [6.45, 7) is 4.73. The number of rotatable bonds is 4. The van der Waals surface area contributed by atoms with Crippen LogP contribution in [0.5, 0.6) is 11.5 Å². The molecule has 0 bridgehead atoms. The van der Waals surface area contributed by atoms with Crippen LogP contribution in [0, 0.1) is 0 Å². The summed E-state index contributed by atoms with van der Waals surface area (Å²) in [7, 11) is 0. The van der Waals surface area contributed by atoms with Crippen LogP contribution in [0.4, 0.5) is 5.69 Å². The van der Waals surface area contributed by atoms with Crippen LogP contribution in [0.15, 0.2) is 48.7 Å². The van der Waals surface area contributed by atoms with E-state index in [-0.39, 0.29) is 5.75 Å². The molecule has 0 aliphatic carbocycles. The summed E-state index contributed by atoms with van der Waals surface area (Å²) in [5.41, 5.74) is 8.90. The van der Waals surface area contributed by atoms with Gasteiger partial charge in [-0.1, -0.05) is 6.07 Å². The van der Waals surface area contributed by atoms with Crippen LogP contribution < -0.4 is 10.5 Å². The summed E-state index contributed by atoms with van der Waals surface area (Å²) in [5, 5.41) is 10.6. The maximum absolute atomic E-state index is 9.49. The molecule has 0 radical (unpaired) electrons. The third-order valence-electron chi connectivity index (χ3n) is 3.71. The van der Waals surface area contributed by atoms with Gasteiger partial charge in [0, 0.05) is 40.5 Å². The molecular weight excluding hydrogens is 276 g/mol. The highest BCUT2D eigenvalue weighted by atomic mass is 16.5. The average Bonchev–Trinajstić information content (AvgIpc) is 2.83. The van der Waals surface area contributed by atoms with E-state index < -0.39 is 0 Å². The lowest BCUT2D eigenvalue weighted by Crippen LogP contribution is -1.98. The van der Waals surface area contributed by atoms with Crippen molar-refractivity contribution in [3.63, 3.8) is 0 Å². The number of benzene rings is 2. The van der Waals surface area contributed by atoms with Crippen molar-refractivity contribution in [2.75, 3.05) is 5.73 Å². The summed E-state index contributed by atoms with van der Waals surface area (Å²) >= 11 is 0. The van der Waals surface area contributed by atoms with Crippen LogP contribution >= 0.6 is 0 Å². The van der Waals surface area contributed by atoms with Crippen molar-refractivity contribution in [2.24, 2.45) is 0 Å². The molecule has 4 heteroatoms. The van der Waals surface area contributed by atoms with Gasteiger partial charge in [-0.15, -0.1) is 0 Å². The Labute approximate surface area is 129 Å². The third-order valence-corrected chi connectivity index (χ3v) is 3.71. The van der Waals surface area contributed by atoms with E-state index in [2.05, 4.69) is 24.6 Å². The molecule has 0 aliphatic rings. The van der Waals surface area contributed by atoms with Crippen LogP contribution in [0.1, 0.15) is 25.5 Å². The molecule has 3 rings (SSSR count). The molecule has 0 fully saturated rings. The Morgan fingerprint density at radius 2 is 2.00 bits per heavy atom. The Balaban J connectivity index is 1.94. The fourth-order valence-corrected chi connectivity index (χ4v) is 2.62. The van der Waals surface area contributed by atoms with Crippen molar-refractivity contribution in [1.82, 2.24) is 4.57 Å². The van der Waals surface area contributed by atoms with Gasteiger partial charge in [-0.2, -0.15) is 0 Å². The van der Waals surface area contributed by atoms with E-state index in [1.165, 1.54) is 0 Å². The SMILES string of the molecule is CC(C)n1cc(COc2cccc(O)c2)c2cc(N)ccc21. The predicted molar refractivity (Wildman–Crippen MR) is 89.2 cm³/mol. The molecule has 3 N–H and O–H groups in total. The second-order valence-electron chi connectivity index (χ2n) is 5.72. The third kappa shape index (κ3) is 2.72. The largest absolute Gasteiger partial charge is 0.508 e. The van der Waals surface area contributed by atoms with Gasteiger partial charge in [0.2, 0.25) is 0 Å². The monoisotopic (exact) mass is 296 g/mol. The van der Waals surface area contributed by atoms with Gasteiger partial charge in [-0.25, -0.2) is 0 Å². The van der Waals surface area contributed by atoms with E-state index in [1.54, 1.807) is 18.2 Å². The first kappa shape index (κ1) is 14.3. The number of hydrogen-bond donors (Lipinski definition) is 2. The lowest BCUT2D eigenvalue weighted by molar-refractivity contribution is 0.305. The van der Waals surface area contributed by atoms with Gasteiger partial charge in [-0.05, 0) is 44.2 Å². The van der Waals surface area contributed by atoms with Gasteiger partial charge >= 0.3 is 0 Å². The highest BCUT2D eigenvalue weighted by molar-refractivity contribution is 5.87. The van der Waals surface area contributed by atoms with E-state index >= 15 is 0 Å². The molecule has 0 amide bonds. The molecule has 3 aromatic rings. The molecule has 1 heterocycles. The van der Waals surface area contributed by atoms with E-state index in [4.69, 9.17) is 10.5 Å². The lowest BCUT2D eigenvalue weighted by atomic mass is 10.1. The van der Waals surface area contributed by atoms with Gasteiger partial charge in [0.25, 0.3) is 0 Å². The van der Waals surface area contributed by atoms with E-state index in [0.29, 0.717) is 18.4 Å². The molecule has 114 valence electrons. The Hall–Kier alpha value is -2.62. The average molecular weight is 296 g/mol. The molecule has 22 heavy (non-hydrogen) atoms. The number of phenols is 1. The first-order valence-electron chi connectivity index (χ1n) is 7.35. The van der Waals surface area contributed by atoms with Crippen molar-refractivity contribution >= 4 is 16.6 Å². The zero-order valence-corrected chi connectivity index (χ0v) is 12.8. The molecule has 4 nitrogen and oxygen atoms in total. The maximum Gasteiger partial charge on any atom is 0.123 e. The number of nitrogens with two attached hydrogens (primary N) is 1. The zero-order valence-electron chi connectivity index (χ0n) is 12.8. The number of anilines is 1. The predicted octanol–water partition coefficient (Wildman–Crippen LogP) is 4.09. The number of phenolic OH excluding ortho intramolecular Hbond substituents is 1. The number of nitrogen functional groups attached to an aromatic ring is 1. The van der Waals surface area contributed by atoms with Gasteiger partial charge in [0.05, 0.1) is 0 Å². The smallest absolute Gasteiger partial charge is 0.123 e. The Morgan fingerprint density at radius 3 is 2.73 bits per heavy atom. The molecule has 0 aliphatic heterocycles. The van der Waals surface area contributed by atoms with Crippen LogP contribution in [-0.2, 0) is 6.61 Å². The fraction of sp³-hybridized carbons (Fsp3) is 0.222. The minimum absolute atomic E-state index is 0.200. The van der Waals surface area contributed by atoms with Gasteiger partial charge in [0.15, 0.2) is 0 Å². The quantitative estimate of drug-likeness (QED) is 0.713. The molecule has 0 saturated heterocycles. The first-order chi connectivity index (χ1) is 10.5. The molecule has 0 saturated carbocycles. The van der Waals surface area contributed by atoms with Gasteiger partial charge in [-0.3, -0.25) is 0 Å². The molecule has 0 spiro atoms. The summed E-state index contributed by atoms with van der Waals surface area (Å²) in [5.74, 6) is 0.848. The molecular formula is C18H20N2O2. The van der Waals surface area contributed by atoms with Crippen molar-refractivity contribution in [3.8, 4) is 11.5 Å². The van der Waals surface area contributed by atoms with Crippen LogP contribution in [-0.4, -0.2) is 9.67 Å². The minimum Gasteiger partial charge on any atom is -0.508 e. The minimum atomic E-state index is 0.200. The lowest BCUT2D eigenvalue weighted by Gasteiger charge is -2.08. The molecule has 0 atom stereocenters. The number of aromatic nitrogens is 1. The maximum atomic E-state index is 9.49. The second-order valence-corrected chi connectivity index (χ2v) is 5.72. The summed E-state index contributed by atoms with van der Waals surface area (Å²) in [6, 6.07) is 13.1. The fourth-order valence-electron chi connectivity index (χ4n) is 2.62. The number of ether oxygens (including phenoxy) is 1. The van der Waals surface area contributed by atoms with E-state index in [9.17, 15) is 5.11 Å². The van der Waals surface area contributed by atoms with Crippen LogP contribution in [0.3, 0.4) is 0 Å². The Morgan fingerprint density at radius 1 is 1.18 bits per heavy atom. The standard InChI is InChI=1S/C18H20N2O2/c1-12(2)20-10-13(17-8-14(19)6-7-18(17)20)11-22-16-5-3-4-15(21)9-16/h3-10,12,21H,11,19H2,1-2H3. The number of aromatic hydroxyl groups is 1. The van der Waals surface area contributed by atoms with E-state index in [1.807, 2.05) is 24.3 Å².